The van der Waals surface area contributed by atoms with E-state index in [-0.39, 0.29) is 17.2 Å². The third-order valence-electron chi connectivity index (χ3n) is 3.82. The van der Waals surface area contributed by atoms with Gasteiger partial charge in [0.2, 0.25) is 10.0 Å². The van der Waals surface area contributed by atoms with Crippen molar-refractivity contribution in [1.29, 1.82) is 0 Å². The van der Waals surface area contributed by atoms with Crippen molar-refractivity contribution in [1.82, 2.24) is 9.62 Å². The molecular weight excluding hydrogens is 340 g/mol. The topological polar surface area (TPSA) is 79.6 Å². The molecule has 0 aliphatic carbocycles. The summed E-state index contributed by atoms with van der Waals surface area (Å²) in [5, 5.41) is 3.55. The van der Waals surface area contributed by atoms with Gasteiger partial charge in [0.1, 0.15) is 5.58 Å². The molecule has 0 aliphatic rings. The monoisotopic (exact) mass is 358 g/mol. The largest absolute Gasteiger partial charge is 0.451 e. The van der Waals surface area contributed by atoms with Gasteiger partial charge >= 0.3 is 0 Å². The van der Waals surface area contributed by atoms with Gasteiger partial charge in [-0.1, -0.05) is 36.4 Å². The zero-order valence-electron chi connectivity index (χ0n) is 13.9. The minimum atomic E-state index is -3.58. The van der Waals surface area contributed by atoms with Crippen LogP contribution >= 0.6 is 0 Å². The summed E-state index contributed by atoms with van der Waals surface area (Å²) in [6.07, 6.45) is 0. The minimum absolute atomic E-state index is 0.0825. The predicted molar refractivity (Wildman–Crippen MR) is 94.7 cm³/mol. The third kappa shape index (κ3) is 3.42. The van der Waals surface area contributed by atoms with Gasteiger partial charge in [-0.25, -0.2) is 12.7 Å². The Bertz CT molecular complexity index is 989. The standard InChI is InChI=1S/C18H18N2O4S/c1-20(2)25(22,23)17-10-6-4-8-14(17)12-19-18(21)16-11-13-7-3-5-9-15(13)24-16/h3-11H,12H2,1-2H3,(H,19,21). The summed E-state index contributed by atoms with van der Waals surface area (Å²) in [5.41, 5.74) is 1.14. The molecule has 0 atom stereocenters. The van der Waals surface area contributed by atoms with Crippen molar-refractivity contribution in [3.63, 3.8) is 0 Å². The van der Waals surface area contributed by atoms with E-state index >= 15 is 0 Å². The van der Waals surface area contributed by atoms with E-state index in [9.17, 15) is 13.2 Å². The van der Waals surface area contributed by atoms with Crippen molar-refractivity contribution in [3.05, 3.63) is 65.9 Å². The quantitative estimate of drug-likeness (QED) is 0.760. The summed E-state index contributed by atoms with van der Waals surface area (Å²) < 4.78 is 31.4. The molecule has 3 aromatic rings. The molecule has 1 N–H and O–H groups in total. The van der Waals surface area contributed by atoms with Crippen molar-refractivity contribution in [2.75, 3.05) is 14.1 Å². The smallest absolute Gasteiger partial charge is 0.287 e. The number of benzene rings is 2. The molecule has 0 saturated heterocycles. The third-order valence-corrected chi connectivity index (χ3v) is 5.74. The van der Waals surface area contributed by atoms with E-state index in [2.05, 4.69) is 5.32 Å². The van der Waals surface area contributed by atoms with E-state index < -0.39 is 15.9 Å². The lowest BCUT2D eigenvalue weighted by Crippen LogP contribution is -2.26. The van der Waals surface area contributed by atoms with Crippen LogP contribution in [0, 0.1) is 0 Å². The fourth-order valence-electron chi connectivity index (χ4n) is 2.45. The van der Waals surface area contributed by atoms with E-state index in [1.807, 2.05) is 18.2 Å². The van der Waals surface area contributed by atoms with Crippen LogP contribution in [0.15, 0.2) is 63.9 Å². The van der Waals surface area contributed by atoms with Crippen LogP contribution in [0.25, 0.3) is 11.0 Å². The van der Waals surface area contributed by atoms with Crippen molar-refractivity contribution < 1.29 is 17.6 Å². The van der Waals surface area contributed by atoms with Gasteiger partial charge in [-0.05, 0) is 23.8 Å². The fourth-order valence-corrected chi connectivity index (χ4v) is 3.57. The Balaban J connectivity index is 1.81. The van der Waals surface area contributed by atoms with Crippen LogP contribution in [0.4, 0.5) is 0 Å². The maximum Gasteiger partial charge on any atom is 0.287 e. The van der Waals surface area contributed by atoms with Crippen molar-refractivity contribution in [2.24, 2.45) is 0 Å². The summed E-state index contributed by atoms with van der Waals surface area (Å²) in [4.78, 5) is 12.5. The van der Waals surface area contributed by atoms with Gasteiger partial charge in [-0.2, -0.15) is 0 Å². The molecular formula is C18H18N2O4S. The zero-order chi connectivity index (χ0) is 18.0. The van der Waals surface area contributed by atoms with E-state index in [0.29, 0.717) is 11.1 Å². The van der Waals surface area contributed by atoms with Crippen LogP contribution in [0.1, 0.15) is 16.1 Å². The van der Waals surface area contributed by atoms with Crippen molar-refractivity contribution in [2.45, 2.75) is 11.4 Å². The first-order chi connectivity index (χ1) is 11.9. The van der Waals surface area contributed by atoms with Crippen LogP contribution in [0.2, 0.25) is 0 Å². The number of amides is 1. The summed E-state index contributed by atoms with van der Waals surface area (Å²) in [6.45, 7) is 0.0825. The number of nitrogens with one attached hydrogen (secondary N) is 1. The number of carbonyl (C=O) groups excluding carboxylic acids is 1. The fraction of sp³-hybridized carbons (Fsp3) is 0.167. The van der Waals surface area contributed by atoms with Gasteiger partial charge in [0.05, 0.1) is 4.90 Å². The van der Waals surface area contributed by atoms with Gasteiger partial charge in [-0.3, -0.25) is 4.79 Å². The molecule has 3 rings (SSSR count). The summed E-state index contributed by atoms with van der Waals surface area (Å²) >= 11 is 0. The second kappa shape index (κ2) is 6.70. The second-order valence-corrected chi connectivity index (χ2v) is 7.85. The average Bonchev–Trinajstić information content (AvgIpc) is 3.04. The number of carbonyl (C=O) groups is 1. The number of sulfonamides is 1. The highest BCUT2D eigenvalue weighted by molar-refractivity contribution is 7.89. The lowest BCUT2D eigenvalue weighted by molar-refractivity contribution is 0.0925. The van der Waals surface area contributed by atoms with Crippen molar-refractivity contribution >= 4 is 26.9 Å². The number of hydrogen-bond acceptors (Lipinski definition) is 4. The molecule has 130 valence electrons. The van der Waals surface area contributed by atoms with Crippen LogP contribution in [0.5, 0.6) is 0 Å². The number of fused-ring (bicyclic) bond motifs is 1. The Hall–Kier alpha value is -2.64. The molecule has 2 aromatic carbocycles. The number of furan rings is 1. The first kappa shape index (κ1) is 17.2. The Morgan fingerprint density at radius 3 is 2.48 bits per heavy atom. The zero-order valence-corrected chi connectivity index (χ0v) is 14.7. The van der Waals surface area contributed by atoms with Crippen LogP contribution < -0.4 is 5.32 Å². The molecule has 0 aliphatic heterocycles. The molecule has 6 nitrogen and oxygen atoms in total. The summed E-state index contributed by atoms with van der Waals surface area (Å²) in [5.74, 6) is -0.206. The first-order valence-electron chi connectivity index (χ1n) is 7.67. The Morgan fingerprint density at radius 2 is 1.76 bits per heavy atom. The Kier molecular flexibility index (Phi) is 4.61. The van der Waals surface area contributed by atoms with E-state index in [0.717, 1.165) is 9.69 Å². The number of rotatable bonds is 5. The highest BCUT2D eigenvalue weighted by atomic mass is 32.2. The Morgan fingerprint density at radius 1 is 1.08 bits per heavy atom. The van der Waals surface area contributed by atoms with Gasteiger partial charge < -0.3 is 9.73 Å². The molecule has 7 heteroatoms. The number of nitrogens with zero attached hydrogens (tertiary/aromatic N) is 1. The molecule has 0 bridgehead atoms. The molecule has 0 unspecified atom stereocenters. The van der Waals surface area contributed by atoms with Crippen molar-refractivity contribution in [3.8, 4) is 0 Å². The molecule has 0 fully saturated rings. The summed E-state index contributed by atoms with van der Waals surface area (Å²) in [7, 11) is -0.639. The molecule has 0 saturated carbocycles. The lowest BCUT2D eigenvalue weighted by atomic mass is 10.2. The number of para-hydroxylation sites is 1. The van der Waals surface area contributed by atoms with E-state index in [4.69, 9.17) is 4.42 Å². The minimum Gasteiger partial charge on any atom is -0.451 e. The normalized spacial score (nSPS) is 11.8. The first-order valence-corrected chi connectivity index (χ1v) is 9.11. The van der Waals surface area contributed by atoms with Gasteiger partial charge in [0.25, 0.3) is 5.91 Å². The van der Waals surface area contributed by atoms with Gasteiger partial charge in [0, 0.05) is 26.0 Å². The molecule has 0 radical (unpaired) electrons. The maximum atomic E-state index is 12.4. The molecule has 25 heavy (non-hydrogen) atoms. The SMILES string of the molecule is CN(C)S(=O)(=O)c1ccccc1CNC(=O)c1cc2ccccc2o1. The van der Waals surface area contributed by atoms with Gasteiger partial charge in [-0.15, -0.1) is 0 Å². The second-order valence-electron chi connectivity index (χ2n) is 5.73. The molecule has 1 heterocycles. The lowest BCUT2D eigenvalue weighted by Gasteiger charge is -2.15. The molecule has 1 aromatic heterocycles. The molecule has 1 amide bonds. The maximum absolute atomic E-state index is 12.4. The predicted octanol–water partition coefficient (Wildman–Crippen LogP) is 2.61. The number of hydrogen-bond donors (Lipinski definition) is 1. The molecule has 0 spiro atoms. The van der Waals surface area contributed by atoms with E-state index in [1.165, 1.54) is 20.2 Å². The van der Waals surface area contributed by atoms with Crippen LogP contribution in [-0.4, -0.2) is 32.7 Å². The highest BCUT2D eigenvalue weighted by Crippen LogP contribution is 2.20. The average molecular weight is 358 g/mol. The van der Waals surface area contributed by atoms with E-state index in [1.54, 1.807) is 30.3 Å². The van der Waals surface area contributed by atoms with Crippen LogP contribution in [0.3, 0.4) is 0 Å². The summed E-state index contributed by atoms with van der Waals surface area (Å²) in [6, 6.07) is 15.6. The highest BCUT2D eigenvalue weighted by Gasteiger charge is 2.21. The Labute approximate surface area is 146 Å². The van der Waals surface area contributed by atoms with Crippen LogP contribution in [-0.2, 0) is 16.6 Å². The van der Waals surface area contributed by atoms with Gasteiger partial charge in [0.15, 0.2) is 5.76 Å².